The van der Waals surface area contributed by atoms with Gasteiger partial charge in [-0.25, -0.2) is 8.78 Å². The molecule has 0 radical (unpaired) electrons. The van der Waals surface area contributed by atoms with Crippen LogP contribution in [0.3, 0.4) is 0 Å². The molecule has 0 saturated carbocycles. The normalized spacial score (nSPS) is 18.7. The van der Waals surface area contributed by atoms with Crippen molar-refractivity contribution >= 4 is 0 Å². The smallest absolute Gasteiger partial charge is 0.240 e. The molecule has 112 valence electrons. The molecule has 20 heavy (non-hydrogen) atoms. The van der Waals surface area contributed by atoms with Crippen LogP contribution in [0, 0.1) is 0 Å². The van der Waals surface area contributed by atoms with Crippen molar-refractivity contribution in [3.8, 4) is 0 Å². The molecule has 1 aromatic carbocycles. The van der Waals surface area contributed by atoms with Gasteiger partial charge in [0.05, 0.1) is 0 Å². The Kier molecular flexibility index (Phi) is 5.49. The monoisotopic (exact) mass is 282 g/mol. The van der Waals surface area contributed by atoms with Gasteiger partial charge >= 0.3 is 0 Å². The molecule has 0 unspecified atom stereocenters. The van der Waals surface area contributed by atoms with Crippen molar-refractivity contribution < 1.29 is 8.78 Å². The number of hydrogen-bond acceptors (Lipinski definition) is 2. The first-order valence-corrected chi connectivity index (χ1v) is 7.40. The minimum Gasteiger partial charge on any atom is -0.314 e. The van der Waals surface area contributed by atoms with Crippen LogP contribution in [0.5, 0.6) is 0 Å². The highest BCUT2D eigenvalue weighted by Crippen LogP contribution is 2.29. The Hall–Kier alpha value is -1.00. The van der Waals surface area contributed by atoms with E-state index in [1.807, 2.05) is 12.1 Å². The van der Waals surface area contributed by atoms with Crippen LogP contribution in [0.1, 0.15) is 43.4 Å². The molecule has 1 aromatic rings. The summed E-state index contributed by atoms with van der Waals surface area (Å²) in [7, 11) is 0. The lowest BCUT2D eigenvalue weighted by molar-refractivity contribution is 0.0739. The first-order valence-electron chi connectivity index (χ1n) is 7.40. The van der Waals surface area contributed by atoms with E-state index in [1.54, 1.807) is 0 Å². The van der Waals surface area contributed by atoms with Crippen LogP contribution in [0.2, 0.25) is 0 Å². The lowest BCUT2D eigenvalue weighted by atomic mass is 9.95. The zero-order valence-electron chi connectivity index (χ0n) is 12.3. The molecular weight excluding hydrogens is 258 g/mol. The summed E-state index contributed by atoms with van der Waals surface area (Å²) >= 11 is 0. The summed E-state index contributed by atoms with van der Waals surface area (Å²) in [5.41, 5.74) is 2.25. The summed E-state index contributed by atoms with van der Waals surface area (Å²) in [6.07, 6.45) is -2.35. The van der Waals surface area contributed by atoms with E-state index >= 15 is 0 Å². The fourth-order valence-electron chi connectivity index (χ4n) is 2.78. The van der Waals surface area contributed by atoms with Gasteiger partial charge < -0.3 is 5.32 Å². The van der Waals surface area contributed by atoms with Crippen molar-refractivity contribution in [1.29, 1.82) is 0 Å². The Morgan fingerprint density at radius 1 is 1.15 bits per heavy atom. The van der Waals surface area contributed by atoms with Crippen molar-refractivity contribution in [2.45, 2.75) is 38.7 Å². The number of hydrogen-bond donors (Lipinski definition) is 1. The van der Waals surface area contributed by atoms with E-state index in [0.717, 1.165) is 31.7 Å². The minimum absolute atomic E-state index is 0.0818. The van der Waals surface area contributed by atoms with E-state index in [2.05, 4.69) is 36.2 Å². The third kappa shape index (κ3) is 4.00. The Morgan fingerprint density at radius 2 is 1.80 bits per heavy atom. The van der Waals surface area contributed by atoms with Crippen LogP contribution < -0.4 is 5.32 Å². The van der Waals surface area contributed by atoms with Crippen molar-refractivity contribution in [2.75, 3.05) is 26.2 Å². The summed E-state index contributed by atoms with van der Waals surface area (Å²) in [6, 6.07) is 7.98. The van der Waals surface area contributed by atoms with E-state index in [9.17, 15) is 8.78 Å². The van der Waals surface area contributed by atoms with Crippen molar-refractivity contribution in [1.82, 2.24) is 10.2 Å². The SMILES string of the molecule is CC(C)c1cccc([C@@H](CC(F)F)N2CCNCC2)c1. The van der Waals surface area contributed by atoms with Gasteiger partial charge in [0.15, 0.2) is 0 Å². The molecule has 1 atom stereocenters. The molecular formula is C16H24F2N2. The second-order valence-electron chi connectivity index (χ2n) is 5.75. The summed E-state index contributed by atoms with van der Waals surface area (Å²) in [5, 5.41) is 3.27. The predicted molar refractivity (Wildman–Crippen MR) is 78.3 cm³/mol. The van der Waals surface area contributed by atoms with Gasteiger partial charge in [-0.2, -0.15) is 0 Å². The van der Waals surface area contributed by atoms with Gasteiger partial charge in [0.1, 0.15) is 0 Å². The fourth-order valence-corrected chi connectivity index (χ4v) is 2.78. The molecule has 1 aliphatic heterocycles. The predicted octanol–water partition coefficient (Wildman–Crippen LogP) is 3.41. The standard InChI is InChI=1S/C16H24F2N2/c1-12(2)13-4-3-5-14(10-13)15(11-16(17)18)20-8-6-19-7-9-20/h3-5,10,12,15-16,19H,6-9,11H2,1-2H3/t15-/m1/s1. The first kappa shape index (κ1) is 15.4. The molecule has 0 bridgehead atoms. The quantitative estimate of drug-likeness (QED) is 0.890. The van der Waals surface area contributed by atoms with Crippen LogP contribution in [-0.2, 0) is 0 Å². The summed E-state index contributed by atoms with van der Waals surface area (Å²) < 4.78 is 25.9. The van der Waals surface area contributed by atoms with Gasteiger partial charge in [-0.3, -0.25) is 4.90 Å². The highest BCUT2D eigenvalue weighted by atomic mass is 19.3. The lowest BCUT2D eigenvalue weighted by Crippen LogP contribution is -2.45. The molecule has 1 aliphatic rings. The number of halogens is 2. The third-order valence-corrected chi connectivity index (χ3v) is 3.96. The first-order chi connectivity index (χ1) is 9.58. The maximum Gasteiger partial charge on any atom is 0.240 e. The zero-order chi connectivity index (χ0) is 14.5. The van der Waals surface area contributed by atoms with Crippen LogP contribution in [-0.4, -0.2) is 37.5 Å². The maximum absolute atomic E-state index is 12.9. The second kappa shape index (κ2) is 7.14. The molecule has 0 spiro atoms. The topological polar surface area (TPSA) is 15.3 Å². The van der Waals surface area contributed by atoms with Crippen LogP contribution in [0.15, 0.2) is 24.3 Å². The van der Waals surface area contributed by atoms with Gasteiger partial charge in [-0.1, -0.05) is 38.1 Å². The third-order valence-electron chi connectivity index (χ3n) is 3.96. The minimum atomic E-state index is -2.27. The Bertz CT molecular complexity index is 415. The van der Waals surface area contributed by atoms with Crippen molar-refractivity contribution in [2.24, 2.45) is 0 Å². The Labute approximate surface area is 120 Å². The van der Waals surface area contributed by atoms with Crippen LogP contribution >= 0.6 is 0 Å². The van der Waals surface area contributed by atoms with E-state index in [0.29, 0.717) is 5.92 Å². The van der Waals surface area contributed by atoms with Gasteiger partial charge in [0, 0.05) is 38.6 Å². The van der Waals surface area contributed by atoms with Crippen LogP contribution in [0.25, 0.3) is 0 Å². The molecule has 1 saturated heterocycles. The molecule has 2 rings (SSSR count). The fraction of sp³-hybridized carbons (Fsp3) is 0.625. The van der Waals surface area contributed by atoms with Crippen molar-refractivity contribution in [3.63, 3.8) is 0 Å². The average molecular weight is 282 g/mol. The largest absolute Gasteiger partial charge is 0.314 e. The van der Waals surface area contributed by atoms with E-state index in [1.165, 1.54) is 5.56 Å². The number of alkyl halides is 2. The summed E-state index contributed by atoms with van der Waals surface area (Å²) in [5.74, 6) is 0.421. The summed E-state index contributed by atoms with van der Waals surface area (Å²) in [6.45, 7) is 7.69. The Morgan fingerprint density at radius 3 is 2.40 bits per heavy atom. The number of nitrogens with zero attached hydrogens (tertiary/aromatic N) is 1. The molecule has 1 heterocycles. The molecule has 2 nitrogen and oxygen atoms in total. The molecule has 1 N–H and O–H groups in total. The molecule has 4 heteroatoms. The Balaban J connectivity index is 2.22. The van der Waals surface area contributed by atoms with Crippen molar-refractivity contribution in [3.05, 3.63) is 35.4 Å². The van der Waals surface area contributed by atoms with Gasteiger partial charge in [-0.05, 0) is 17.0 Å². The molecule has 0 aliphatic carbocycles. The van der Waals surface area contributed by atoms with Crippen LogP contribution in [0.4, 0.5) is 8.78 Å². The van der Waals surface area contributed by atoms with E-state index in [-0.39, 0.29) is 12.5 Å². The molecule has 0 aromatic heterocycles. The van der Waals surface area contributed by atoms with Gasteiger partial charge in [0.25, 0.3) is 0 Å². The maximum atomic E-state index is 12.9. The number of nitrogens with one attached hydrogen (secondary N) is 1. The zero-order valence-corrected chi connectivity index (χ0v) is 12.3. The van der Waals surface area contributed by atoms with E-state index < -0.39 is 6.43 Å². The number of rotatable bonds is 5. The lowest BCUT2D eigenvalue weighted by Gasteiger charge is -2.35. The highest BCUT2D eigenvalue weighted by molar-refractivity contribution is 5.28. The second-order valence-corrected chi connectivity index (χ2v) is 5.75. The average Bonchev–Trinajstić information content (AvgIpc) is 2.45. The van der Waals surface area contributed by atoms with Gasteiger partial charge in [0.2, 0.25) is 6.43 Å². The number of piperazine rings is 1. The number of benzene rings is 1. The molecule has 1 fully saturated rings. The van der Waals surface area contributed by atoms with E-state index in [4.69, 9.17) is 0 Å². The van der Waals surface area contributed by atoms with Gasteiger partial charge in [-0.15, -0.1) is 0 Å². The summed E-state index contributed by atoms with van der Waals surface area (Å²) in [4.78, 5) is 2.18. The highest BCUT2D eigenvalue weighted by Gasteiger charge is 2.25. The molecule has 0 amide bonds.